The molecule has 0 saturated carbocycles. The molecule has 0 aliphatic carbocycles. The number of nitrogens with zero attached hydrogens (tertiary/aromatic N) is 1. The maximum absolute atomic E-state index is 12.8. The average molecular weight is 472 g/mol. The first-order valence-electron chi connectivity index (χ1n) is 9.71. The summed E-state index contributed by atoms with van der Waals surface area (Å²) in [4.78, 5) is 11.6. The fraction of sp³-hybridized carbons (Fsp3) is 0.136. The van der Waals surface area contributed by atoms with Crippen molar-refractivity contribution in [1.29, 1.82) is 0 Å². The molecule has 0 fully saturated rings. The van der Waals surface area contributed by atoms with Gasteiger partial charge < -0.3 is 5.32 Å². The van der Waals surface area contributed by atoms with Gasteiger partial charge in [-0.2, -0.15) is 4.31 Å². The molecule has 0 spiro atoms. The first-order valence-corrected chi connectivity index (χ1v) is 12.6. The van der Waals surface area contributed by atoms with Crippen LogP contribution in [-0.2, 0) is 37.8 Å². The summed E-state index contributed by atoms with van der Waals surface area (Å²) in [5.74, 6) is -0.184. The largest absolute Gasteiger partial charge is 0.326 e. The highest BCUT2D eigenvalue weighted by Crippen LogP contribution is 2.27. The number of carbonyl (C=O) groups is 1. The Bertz CT molecular complexity index is 1370. The first-order chi connectivity index (χ1) is 15.1. The van der Waals surface area contributed by atoms with Crippen LogP contribution in [0.3, 0.4) is 0 Å². The van der Waals surface area contributed by atoms with Gasteiger partial charge in [0.05, 0.1) is 16.2 Å². The molecule has 10 heteroatoms. The van der Waals surface area contributed by atoms with E-state index in [-0.39, 0.29) is 34.4 Å². The second-order valence-corrected chi connectivity index (χ2v) is 11.1. The molecule has 3 aromatic rings. The number of hydrogen-bond donors (Lipinski definition) is 2. The fourth-order valence-electron chi connectivity index (χ4n) is 3.39. The van der Waals surface area contributed by atoms with Crippen LogP contribution in [0, 0.1) is 0 Å². The van der Waals surface area contributed by atoms with Crippen LogP contribution in [0.4, 0.5) is 11.4 Å². The van der Waals surface area contributed by atoms with Gasteiger partial charge in [0.2, 0.25) is 15.9 Å². The highest BCUT2D eigenvalue weighted by molar-refractivity contribution is 7.92. The average Bonchev–Trinajstić information content (AvgIpc) is 3.14. The second-order valence-electron chi connectivity index (χ2n) is 7.42. The van der Waals surface area contributed by atoms with E-state index in [1.807, 2.05) is 30.3 Å². The van der Waals surface area contributed by atoms with Crippen LogP contribution >= 0.6 is 0 Å². The molecule has 0 unspecified atom stereocenters. The number of carbonyl (C=O) groups excluding carboxylic acids is 1. The number of amides is 1. The number of anilines is 2. The van der Waals surface area contributed by atoms with Gasteiger partial charge in [0.15, 0.2) is 0 Å². The normalized spacial score (nSPS) is 13.6. The Hall–Kier alpha value is -3.21. The van der Waals surface area contributed by atoms with Crippen LogP contribution in [0.1, 0.15) is 11.1 Å². The lowest BCUT2D eigenvalue weighted by atomic mass is 10.2. The van der Waals surface area contributed by atoms with Crippen molar-refractivity contribution in [2.75, 3.05) is 17.1 Å². The number of rotatable bonds is 7. The SMILES string of the molecule is CN(Cc1ccccc1)S(=O)(=O)c1ccc(NS(=O)(=O)c2ccc3c(c2)CC(=O)N3)cc1. The zero-order chi connectivity index (χ0) is 22.9. The van der Waals surface area contributed by atoms with E-state index < -0.39 is 20.0 Å². The van der Waals surface area contributed by atoms with Crippen molar-refractivity contribution >= 4 is 37.3 Å². The monoisotopic (exact) mass is 471 g/mol. The molecular weight excluding hydrogens is 450 g/mol. The van der Waals surface area contributed by atoms with Crippen LogP contribution in [-0.4, -0.2) is 34.1 Å². The maximum Gasteiger partial charge on any atom is 0.261 e. The molecule has 8 nitrogen and oxygen atoms in total. The van der Waals surface area contributed by atoms with E-state index >= 15 is 0 Å². The lowest BCUT2D eigenvalue weighted by Crippen LogP contribution is -2.26. The standard InChI is InChI=1S/C22H21N3O5S2/c1-25(15-16-5-3-2-4-6-16)32(29,30)19-9-7-18(8-10-19)24-31(27,28)20-11-12-21-17(13-20)14-22(26)23-21/h2-13,24H,14-15H2,1H3,(H,23,26). The first kappa shape index (κ1) is 22.0. The van der Waals surface area contributed by atoms with Gasteiger partial charge >= 0.3 is 0 Å². The van der Waals surface area contributed by atoms with Gasteiger partial charge in [-0.25, -0.2) is 16.8 Å². The van der Waals surface area contributed by atoms with Crippen LogP contribution < -0.4 is 10.0 Å². The molecule has 32 heavy (non-hydrogen) atoms. The van der Waals surface area contributed by atoms with Crippen molar-refractivity contribution in [2.45, 2.75) is 22.8 Å². The van der Waals surface area contributed by atoms with E-state index in [1.54, 1.807) is 6.07 Å². The lowest BCUT2D eigenvalue weighted by Gasteiger charge is -2.17. The molecule has 0 bridgehead atoms. The third-order valence-electron chi connectivity index (χ3n) is 5.07. The Kier molecular flexibility index (Phi) is 5.76. The minimum Gasteiger partial charge on any atom is -0.326 e. The van der Waals surface area contributed by atoms with E-state index in [0.717, 1.165) is 5.56 Å². The molecule has 0 radical (unpaired) electrons. The fourth-order valence-corrected chi connectivity index (χ4v) is 5.66. The number of hydrogen-bond acceptors (Lipinski definition) is 5. The molecule has 2 N–H and O–H groups in total. The topological polar surface area (TPSA) is 113 Å². The van der Waals surface area contributed by atoms with E-state index in [2.05, 4.69) is 10.0 Å². The Morgan fingerprint density at radius 3 is 2.25 bits per heavy atom. The summed E-state index contributed by atoms with van der Waals surface area (Å²) >= 11 is 0. The summed E-state index contributed by atoms with van der Waals surface area (Å²) in [5, 5.41) is 2.66. The highest BCUT2D eigenvalue weighted by Gasteiger charge is 2.23. The quantitative estimate of drug-likeness (QED) is 0.550. The van der Waals surface area contributed by atoms with Gasteiger partial charge in [0, 0.05) is 25.0 Å². The van der Waals surface area contributed by atoms with Crippen molar-refractivity contribution in [3.05, 3.63) is 83.9 Å². The maximum atomic E-state index is 12.8. The predicted octanol–water partition coefficient (Wildman–Crippen LogP) is 2.80. The van der Waals surface area contributed by atoms with E-state index in [9.17, 15) is 21.6 Å². The molecular formula is C22H21N3O5S2. The van der Waals surface area contributed by atoms with E-state index in [1.165, 1.54) is 47.8 Å². The molecule has 4 rings (SSSR count). The zero-order valence-electron chi connectivity index (χ0n) is 17.1. The highest BCUT2D eigenvalue weighted by atomic mass is 32.2. The summed E-state index contributed by atoms with van der Waals surface area (Å²) in [6, 6.07) is 19.2. The molecule has 166 valence electrons. The van der Waals surface area contributed by atoms with Gasteiger partial charge in [0.1, 0.15) is 0 Å². The molecule has 0 atom stereocenters. The Labute approximate surface area is 187 Å². The van der Waals surface area contributed by atoms with Crippen LogP contribution in [0.5, 0.6) is 0 Å². The van der Waals surface area contributed by atoms with Crippen molar-refractivity contribution in [1.82, 2.24) is 4.31 Å². The van der Waals surface area contributed by atoms with E-state index in [4.69, 9.17) is 0 Å². The smallest absolute Gasteiger partial charge is 0.261 e. The molecule has 0 saturated heterocycles. The van der Waals surface area contributed by atoms with Gasteiger partial charge in [-0.05, 0) is 53.6 Å². The van der Waals surface area contributed by atoms with Crippen LogP contribution in [0.15, 0.2) is 82.6 Å². The molecule has 1 heterocycles. The second kappa shape index (κ2) is 8.38. The van der Waals surface area contributed by atoms with Crippen molar-refractivity contribution in [2.24, 2.45) is 0 Å². The Morgan fingerprint density at radius 1 is 0.906 bits per heavy atom. The zero-order valence-corrected chi connectivity index (χ0v) is 18.8. The molecule has 1 aliphatic heterocycles. The molecule has 1 aliphatic rings. The van der Waals surface area contributed by atoms with Gasteiger partial charge in [0.25, 0.3) is 10.0 Å². The summed E-state index contributed by atoms with van der Waals surface area (Å²) in [6.45, 7) is 0.216. The summed E-state index contributed by atoms with van der Waals surface area (Å²) < 4.78 is 54.8. The van der Waals surface area contributed by atoms with Crippen LogP contribution in [0.2, 0.25) is 0 Å². The minimum atomic E-state index is -3.91. The van der Waals surface area contributed by atoms with E-state index in [0.29, 0.717) is 11.3 Å². The third-order valence-corrected chi connectivity index (χ3v) is 8.27. The third kappa shape index (κ3) is 4.52. The number of nitrogens with one attached hydrogen (secondary N) is 2. The lowest BCUT2D eigenvalue weighted by molar-refractivity contribution is -0.115. The van der Waals surface area contributed by atoms with Crippen molar-refractivity contribution in [3.63, 3.8) is 0 Å². The van der Waals surface area contributed by atoms with Gasteiger partial charge in [-0.15, -0.1) is 0 Å². The van der Waals surface area contributed by atoms with Gasteiger partial charge in [-0.1, -0.05) is 30.3 Å². The Morgan fingerprint density at radius 2 is 1.56 bits per heavy atom. The Balaban J connectivity index is 1.50. The summed E-state index contributed by atoms with van der Waals surface area (Å²) in [7, 11) is -6.16. The molecule has 3 aromatic carbocycles. The van der Waals surface area contributed by atoms with Gasteiger partial charge in [-0.3, -0.25) is 9.52 Å². The van der Waals surface area contributed by atoms with Crippen LogP contribution in [0.25, 0.3) is 0 Å². The number of benzene rings is 3. The molecule has 1 amide bonds. The molecule has 0 aromatic heterocycles. The summed E-state index contributed by atoms with van der Waals surface area (Å²) in [5.41, 5.74) is 2.29. The van der Waals surface area contributed by atoms with Crippen molar-refractivity contribution < 1.29 is 21.6 Å². The van der Waals surface area contributed by atoms with Crippen molar-refractivity contribution in [3.8, 4) is 0 Å². The minimum absolute atomic E-state index is 0.0204. The number of sulfonamides is 2. The predicted molar refractivity (Wildman–Crippen MR) is 121 cm³/mol. The number of fused-ring (bicyclic) bond motifs is 1. The summed E-state index contributed by atoms with van der Waals surface area (Å²) in [6.07, 6.45) is 0.127.